The molecule has 3 heteroatoms. The quantitative estimate of drug-likeness (QED) is 0.155. The maximum absolute atomic E-state index is 14.4. The highest BCUT2D eigenvalue weighted by Gasteiger charge is 2.50. The van der Waals surface area contributed by atoms with Gasteiger partial charge in [0.1, 0.15) is 0 Å². The summed E-state index contributed by atoms with van der Waals surface area (Å²) < 4.78 is 2.24. The van der Waals surface area contributed by atoms with E-state index in [1.165, 1.54) is 22.3 Å². The number of hydrogen-bond donors (Lipinski definition) is 0. The normalized spacial score (nSPS) is 14.8. The second kappa shape index (κ2) is 6.86. The average molecular weight is 516 g/mol. The first-order valence-electron chi connectivity index (χ1n) is 13.9. The summed E-state index contributed by atoms with van der Waals surface area (Å²) in [5.41, 5.74) is 9.62. The number of pyridine rings is 2. The lowest BCUT2D eigenvalue weighted by atomic mass is 9.65. The summed E-state index contributed by atoms with van der Waals surface area (Å²) in [6.45, 7) is 6.37. The highest BCUT2D eigenvalue weighted by atomic mass is 16.1. The van der Waals surface area contributed by atoms with Crippen LogP contribution in [0.1, 0.15) is 48.6 Å². The molecule has 3 nitrogen and oxygen atoms in total. The van der Waals surface area contributed by atoms with Crippen molar-refractivity contribution in [3.63, 3.8) is 0 Å². The second-order valence-electron chi connectivity index (χ2n) is 12.4. The fraction of sp³-hybridized carbons (Fsp3) is 0.135. The van der Waals surface area contributed by atoms with Crippen molar-refractivity contribution < 1.29 is 0 Å². The van der Waals surface area contributed by atoms with E-state index < -0.39 is 5.41 Å². The van der Waals surface area contributed by atoms with Crippen LogP contribution in [0, 0.1) is 0 Å². The molecule has 0 saturated carbocycles. The first-order valence-corrected chi connectivity index (χ1v) is 13.9. The zero-order valence-electron chi connectivity index (χ0n) is 22.5. The van der Waals surface area contributed by atoms with Gasteiger partial charge in [-0.1, -0.05) is 93.6 Å². The van der Waals surface area contributed by atoms with Crippen molar-refractivity contribution in [2.75, 3.05) is 0 Å². The summed E-state index contributed by atoms with van der Waals surface area (Å²) in [6, 6.07) is 33.6. The fourth-order valence-corrected chi connectivity index (χ4v) is 7.78. The number of nitrogens with zero attached hydrogens (tertiary/aromatic N) is 1. The van der Waals surface area contributed by atoms with E-state index >= 15 is 0 Å². The van der Waals surface area contributed by atoms with Crippen LogP contribution in [0.2, 0.25) is 0 Å². The van der Waals surface area contributed by atoms with Crippen molar-refractivity contribution in [2.45, 2.75) is 31.6 Å². The largest absolute Gasteiger partial charge is 0.307 e. The van der Waals surface area contributed by atoms with Gasteiger partial charge in [-0.15, -0.1) is 0 Å². The Hall–Kier alpha value is -4.76. The molecule has 1 spiro atoms. The predicted octanol–water partition coefficient (Wildman–Crippen LogP) is 7.53. The Kier molecular flexibility index (Phi) is 3.79. The minimum atomic E-state index is -0.638. The summed E-state index contributed by atoms with van der Waals surface area (Å²) in [7, 11) is 0. The standard InChI is InChI=1S/C37H25NO2/c1-36(2,3)20-18-25-31-26(19-20)35(40)24-13-9-17-30-33(24)38(31)32-23(34(25)39)12-8-16-29(32)37(30)27-14-6-4-10-21(27)22-11-5-7-15-28(22)37/h4-19H,1-3H3. The summed E-state index contributed by atoms with van der Waals surface area (Å²) >= 11 is 0. The zero-order chi connectivity index (χ0) is 27.1. The molecule has 5 aromatic carbocycles. The van der Waals surface area contributed by atoms with Gasteiger partial charge in [-0.2, -0.15) is 0 Å². The van der Waals surface area contributed by atoms with Crippen LogP contribution in [0.5, 0.6) is 0 Å². The van der Waals surface area contributed by atoms with Crippen LogP contribution >= 0.6 is 0 Å². The highest BCUT2D eigenvalue weighted by Crippen LogP contribution is 2.59. The SMILES string of the molecule is CC(C)(C)c1cc2c(=O)c3cccc4c3n3c5c(cccc5c(=O)c(c1)c23)C41c2ccccc2-c2ccccc21. The molecule has 190 valence electrons. The maximum atomic E-state index is 14.4. The van der Waals surface area contributed by atoms with Crippen LogP contribution in [0.4, 0.5) is 0 Å². The number of rotatable bonds is 0. The Balaban J connectivity index is 1.65. The first kappa shape index (κ1) is 22.1. The van der Waals surface area contributed by atoms with Gasteiger partial charge in [0.2, 0.25) is 0 Å². The molecule has 0 bridgehead atoms. The molecule has 9 rings (SSSR count). The van der Waals surface area contributed by atoms with E-state index in [4.69, 9.17) is 0 Å². The van der Waals surface area contributed by atoms with Gasteiger partial charge >= 0.3 is 0 Å². The smallest absolute Gasteiger partial charge is 0.197 e. The molecular weight excluding hydrogens is 490 g/mol. The van der Waals surface area contributed by atoms with E-state index in [1.54, 1.807) is 0 Å². The molecule has 0 fully saturated rings. The molecule has 7 aromatic rings. The van der Waals surface area contributed by atoms with E-state index in [9.17, 15) is 9.59 Å². The number of fused-ring (bicyclic) bond motifs is 7. The Labute approximate surface area is 230 Å². The van der Waals surface area contributed by atoms with Crippen LogP contribution in [-0.2, 0) is 10.8 Å². The second-order valence-corrected chi connectivity index (χ2v) is 12.4. The van der Waals surface area contributed by atoms with E-state index in [2.05, 4.69) is 85.8 Å². The average Bonchev–Trinajstić information content (AvgIpc) is 3.26. The highest BCUT2D eigenvalue weighted by molar-refractivity contribution is 6.12. The molecule has 0 saturated heterocycles. The summed E-state index contributed by atoms with van der Waals surface area (Å²) in [5, 5.41) is 2.61. The molecule has 0 unspecified atom stereocenters. The molecule has 40 heavy (non-hydrogen) atoms. The molecule has 2 aliphatic rings. The predicted molar refractivity (Wildman–Crippen MR) is 163 cm³/mol. The monoisotopic (exact) mass is 515 g/mol. The van der Waals surface area contributed by atoms with Gasteiger partial charge in [-0.3, -0.25) is 9.59 Å². The Morgan fingerprint density at radius 3 is 1.45 bits per heavy atom. The Bertz CT molecular complexity index is 2250. The van der Waals surface area contributed by atoms with Gasteiger partial charge in [-0.05, 0) is 68.6 Å². The van der Waals surface area contributed by atoms with Gasteiger partial charge in [0.15, 0.2) is 10.9 Å². The minimum Gasteiger partial charge on any atom is -0.307 e. The van der Waals surface area contributed by atoms with Crippen molar-refractivity contribution >= 4 is 38.1 Å². The molecule has 3 heterocycles. The molecule has 2 aromatic heterocycles. The maximum Gasteiger partial charge on any atom is 0.197 e. The molecule has 0 amide bonds. The molecule has 0 radical (unpaired) electrons. The van der Waals surface area contributed by atoms with E-state index in [-0.39, 0.29) is 16.3 Å². The third-order valence-electron chi connectivity index (χ3n) is 9.46. The summed E-state index contributed by atoms with van der Waals surface area (Å²) in [5.74, 6) is 0. The lowest BCUT2D eigenvalue weighted by Crippen LogP contribution is -2.34. The summed E-state index contributed by atoms with van der Waals surface area (Å²) in [6.07, 6.45) is 0. The van der Waals surface area contributed by atoms with Crippen LogP contribution in [0.3, 0.4) is 0 Å². The van der Waals surface area contributed by atoms with Gasteiger partial charge < -0.3 is 4.40 Å². The Morgan fingerprint density at radius 2 is 0.975 bits per heavy atom. The van der Waals surface area contributed by atoms with Crippen molar-refractivity contribution in [3.8, 4) is 11.1 Å². The third kappa shape index (κ3) is 2.27. The van der Waals surface area contributed by atoms with Crippen LogP contribution in [-0.4, -0.2) is 4.40 Å². The fourth-order valence-electron chi connectivity index (χ4n) is 7.78. The van der Waals surface area contributed by atoms with E-state index in [0.717, 1.165) is 33.2 Å². The van der Waals surface area contributed by atoms with Crippen LogP contribution in [0.15, 0.2) is 107 Å². The molecule has 0 N–H and O–H groups in total. The van der Waals surface area contributed by atoms with Crippen molar-refractivity contribution in [3.05, 3.63) is 145 Å². The lowest BCUT2D eigenvalue weighted by Gasteiger charge is -2.39. The summed E-state index contributed by atoms with van der Waals surface area (Å²) in [4.78, 5) is 28.7. The van der Waals surface area contributed by atoms with Crippen molar-refractivity contribution in [2.24, 2.45) is 0 Å². The molecule has 1 aliphatic carbocycles. The van der Waals surface area contributed by atoms with Crippen LogP contribution in [0.25, 0.3) is 49.2 Å². The van der Waals surface area contributed by atoms with Crippen molar-refractivity contribution in [1.82, 2.24) is 4.40 Å². The van der Waals surface area contributed by atoms with E-state index in [0.29, 0.717) is 21.5 Å². The van der Waals surface area contributed by atoms with Crippen molar-refractivity contribution in [1.29, 1.82) is 0 Å². The number of benzene rings is 5. The first-order chi connectivity index (χ1) is 19.3. The van der Waals surface area contributed by atoms with Crippen LogP contribution < -0.4 is 10.9 Å². The minimum absolute atomic E-state index is 0.0131. The van der Waals surface area contributed by atoms with Gasteiger partial charge in [0.25, 0.3) is 0 Å². The Morgan fingerprint density at radius 1 is 0.525 bits per heavy atom. The van der Waals surface area contributed by atoms with Gasteiger partial charge in [-0.25, -0.2) is 0 Å². The van der Waals surface area contributed by atoms with E-state index in [1.807, 2.05) is 36.4 Å². The number of aromatic nitrogens is 1. The van der Waals surface area contributed by atoms with Gasteiger partial charge in [0, 0.05) is 21.5 Å². The number of hydrogen-bond acceptors (Lipinski definition) is 2. The van der Waals surface area contributed by atoms with Gasteiger partial charge in [0.05, 0.1) is 22.0 Å². The zero-order valence-corrected chi connectivity index (χ0v) is 22.5. The molecular formula is C37H25NO2. The topological polar surface area (TPSA) is 38.5 Å². The number of para-hydroxylation sites is 2. The lowest BCUT2D eigenvalue weighted by molar-refractivity contribution is 0.591. The molecule has 1 aliphatic heterocycles. The molecule has 0 atom stereocenters. The third-order valence-corrected chi connectivity index (χ3v) is 9.46.